The molecule has 0 saturated carbocycles. The summed E-state index contributed by atoms with van der Waals surface area (Å²) in [4.78, 5) is 31.2. The molecular formula is C21H25N3O2. The lowest BCUT2D eigenvalue weighted by atomic mass is 9.98. The van der Waals surface area contributed by atoms with E-state index in [1.54, 1.807) is 6.07 Å². The maximum Gasteiger partial charge on any atom is 0.257 e. The number of likely N-dealkylation sites (tertiary alicyclic amines) is 1. The Kier molecular flexibility index (Phi) is 5.35. The van der Waals surface area contributed by atoms with Gasteiger partial charge in [-0.1, -0.05) is 32.0 Å². The second-order valence-corrected chi connectivity index (χ2v) is 7.11. The lowest BCUT2D eigenvalue weighted by Crippen LogP contribution is -2.28. The van der Waals surface area contributed by atoms with Gasteiger partial charge in [0, 0.05) is 31.2 Å². The number of hydrogen-bond acceptors (Lipinski definition) is 3. The molecule has 0 radical (unpaired) electrons. The number of rotatable bonds is 4. The van der Waals surface area contributed by atoms with E-state index in [-0.39, 0.29) is 11.8 Å². The van der Waals surface area contributed by atoms with Gasteiger partial charge in [-0.2, -0.15) is 0 Å². The zero-order valence-corrected chi connectivity index (χ0v) is 15.6. The number of aromatic nitrogens is 1. The molecule has 1 N–H and O–H groups in total. The van der Waals surface area contributed by atoms with Gasteiger partial charge in [-0.05, 0) is 42.9 Å². The van der Waals surface area contributed by atoms with Gasteiger partial charge in [0.1, 0.15) is 0 Å². The topological polar surface area (TPSA) is 62.3 Å². The van der Waals surface area contributed by atoms with Crippen LogP contribution >= 0.6 is 0 Å². The number of benzene rings is 1. The van der Waals surface area contributed by atoms with Crippen molar-refractivity contribution in [2.24, 2.45) is 0 Å². The van der Waals surface area contributed by atoms with Crippen LogP contribution < -0.4 is 5.32 Å². The number of anilines is 1. The summed E-state index contributed by atoms with van der Waals surface area (Å²) in [6.45, 7) is 7.72. The number of nitrogens with one attached hydrogen (secondary N) is 1. The number of amides is 2. The minimum Gasteiger partial charge on any atom is -0.339 e. The van der Waals surface area contributed by atoms with Crippen LogP contribution in [-0.4, -0.2) is 34.8 Å². The molecule has 0 aliphatic carbocycles. The molecular weight excluding hydrogens is 326 g/mol. The maximum atomic E-state index is 12.8. The molecule has 1 aliphatic heterocycles. The third-order valence-corrected chi connectivity index (χ3v) is 4.81. The average Bonchev–Trinajstić information content (AvgIpc) is 3.17. The van der Waals surface area contributed by atoms with Crippen molar-refractivity contribution < 1.29 is 9.59 Å². The fourth-order valence-corrected chi connectivity index (χ4v) is 3.31. The fraction of sp³-hybridized carbons (Fsp3) is 0.381. The van der Waals surface area contributed by atoms with Crippen LogP contribution in [0.15, 0.2) is 36.7 Å². The monoisotopic (exact) mass is 351 g/mol. The number of hydrogen-bond donors (Lipinski definition) is 1. The first-order valence-corrected chi connectivity index (χ1v) is 9.12. The Balaban J connectivity index is 1.83. The van der Waals surface area contributed by atoms with Crippen molar-refractivity contribution >= 4 is 17.5 Å². The Hall–Kier alpha value is -2.69. The van der Waals surface area contributed by atoms with Crippen molar-refractivity contribution in [2.45, 2.75) is 39.5 Å². The third kappa shape index (κ3) is 3.77. The van der Waals surface area contributed by atoms with Gasteiger partial charge >= 0.3 is 0 Å². The molecule has 5 heteroatoms. The first-order valence-electron chi connectivity index (χ1n) is 9.12. The summed E-state index contributed by atoms with van der Waals surface area (Å²) < 4.78 is 0. The van der Waals surface area contributed by atoms with Gasteiger partial charge in [-0.25, -0.2) is 0 Å². The molecule has 2 aromatic rings. The largest absolute Gasteiger partial charge is 0.339 e. The fourth-order valence-electron chi connectivity index (χ4n) is 3.31. The minimum atomic E-state index is -0.246. The van der Waals surface area contributed by atoms with Gasteiger partial charge in [-0.15, -0.1) is 0 Å². The van der Waals surface area contributed by atoms with Crippen LogP contribution in [0.5, 0.6) is 0 Å². The summed E-state index contributed by atoms with van der Waals surface area (Å²) in [6, 6.07) is 7.64. The van der Waals surface area contributed by atoms with Crippen molar-refractivity contribution in [3.63, 3.8) is 0 Å². The number of carbonyl (C=O) groups excluding carboxylic acids is 2. The minimum absolute atomic E-state index is 0.0524. The summed E-state index contributed by atoms with van der Waals surface area (Å²) in [5.41, 5.74) is 3.81. The van der Waals surface area contributed by atoms with E-state index in [1.807, 2.05) is 30.0 Å². The first-order chi connectivity index (χ1) is 12.5. The van der Waals surface area contributed by atoms with Crippen LogP contribution in [-0.2, 0) is 0 Å². The lowest BCUT2D eigenvalue weighted by Gasteiger charge is -2.17. The van der Waals surface area contributed by atoms with Crippen LogP contribution in [0.2, 0.25) is 0 Å². The van der Waals surface area contributed by atoms with E-state index in [0.717, 1.165) is 42.7 Å². The number of nitrogens with zero attached hydrogens (tertiary/aromatic N) is 2. The number of pyridine rings is 1. The highest BCUT2D eigenvalue weighted by atomic mass is 16.2. The van der Waals surface area contributed by atoms with Crippen molar-refractivity contribution in [1.82, 2.24) is 9.88 Å². The Morgan fingerprint density at radius 1 is 1.12 bits per heavy atom. The Morgan fingerprint density at radius 3 is 2.50 bits per heavy atom. The highest BCUT2D eigenvalue weighted by molar-refractivity contribution is 6.06. The number of aryl methyl sites for hydroxylation is 1. The van der Waals surface area contributed by atoms with E-state index < -0.39 is 0 Å². The molecule has 136 valence electrons. The zero-order chi connectivity index (χ0) is 18.7. The molecule has 0 atom stereocenters. The summed E-state index contributed by atoms with van der Waals surface area (Å²) >= 11 is 0. The van der Waals surface area contributed by atoms with Gasteiger partial charge in [0.15, 0.2) is 0 Å². The lowest BCUT2D eigenvalue weighted by molar-refractivity contribution is 0.0792. The molecule has 3 rings (SSSR count). The summed E-state index contributed by atoms with van der Waals surface area (Å²) in [5.74, 6) is -0.000383. The first kappa shape index (κ1) is 18.1. The van der Waals surface area contributed by atoms with Crippen LogP contribution in [0.1, 0.15) is 64.4 Å². The van der Waals surface area contributed by atoms with Crippen LogP contribution in [0.3, 0.4) is 0 Å². The van der Waals surface area contributed by atoms with Crippen LogP contribution in [0, 0.1) is 6.92 Å². The molecule has 0 bridgehead atoms. The van der Waals surface area contributed by atoms with Gasteiger partial charge in [-0.3, -0.25) is 14.6 Å². The second kappa shape index (κ2) is 7.68. The summed E-state index contributed by atoms with van der Waals surface area (Å²) in [7, 11) is 0. The van der Waals surface area contributed by atoms with Crippen LogP contribution in [0.25, 0.3) is 0 Å². The summed E-state index contributed by atoms with van der Waals surface area (Å²) in [5, 5.41) is 3.01. The quantitative estimate of drug-likeness (QED) is 0.905. The summed E-state index contributed by atoms with van der Waals surface area (Å²) in [6.07, 6.45) is 5.10. The molecule has 0 spiro atoms. The van der Waals surface area contributed by atoms with Crippen molar-refractivity contribution in [3.05, 3.63) is 58.9 Å². The molecule has 26 heavy (non-hydrogen) atoms. The van der Waals surface area contributed by atoms with Crippen molar-refractivity contribution in [2.75, 3.05) is 18.4 Å². The smallest absolute Gasteiger partial charge is 0.257 e. The Bertz CT molecular complexity index is 824. The maximum absolute atomic E-state index is 12.8. The predicted molar refractivity (Wildman–Crippen MR) is 103 cm³/mol. The van der Waals surface area contributed by atoms with Gasteiger partial charge in [0.05, 0.1) is 11.1 Å². The highest BCUT2D eigenvalue weighted by Crippen LogP contribution is 2.28. The molecule has 0 unspecified atom stereocenters. The SMILES string of the molecule is Cc1cccc(C(C)C)c1NC(=O)c1cncc(C(=O)N2CCCC2)c1. The number of carbonyl (C=O) groups is 2. The van der Waals surface area contributed by atoms with E-state index in [9.17, 15) is 9.59 Å². The van der Waals surface area contributed by atoms with Crippen LogP contribution in [0.4, 0.5) is 5.69 Å². The molecule has 1 saturated heterocycles. The highest BCUT2D eigenvalue weighted by Gasteiger charge is 2.21. The van der Waals surface area contributed by atoms with E-state index in [1.165, 1.54) is 12.4 Å². The molecule has 1 aliphatic rings. The van der Waals surface area contributed by atoms with Gasteiger partial charge in [0.2, 0.25) is 0 Å². The normalized spacial score (nSPS) is 13.9. The number of para-hydroxylation sites is 1. The third-order valence-electron chi connectivity index (χ3n) is 4.81. The second-order valence-electron chi connectivity index (χ2n) is 7.11. The molecule has 1 aromatic heterocycles. The molecule has 2 amide bonds. The zero-order valence-electron chi connectivity index (χ0n) is 15.6. The Morgan fingerprint density at radius 2 is 1.81 bits per heavy atom. The van der Waals surface area contributed by atoms with Crippen molar-refractivity contribution in [1.29, 1.82) is 0 Å². The van der Waals surface area contributed by atoms with Gasteiger partial charge in [0.25, 0.3) is 11.8 Å². The van der Waals surface area contributed by atoms with E-state index in [4.69, 9.17) is 0 Å². The Labute approximate surface area is 154 Å². The van der Waals surface area contributed by atoms with E-state index in [0.29, 0.717) is 17.0 Å². The van der Waals surface area contributed by atoms with Crippen molar-refractivity contribution in [3.8, 4) is 0 Å². The standard InChI is InChI=1S/C21H25N3O2/c1-14(2)18-8-6-7-15(3)19(18)23-20(25)16-11-17(13-22-12-16)21(26)24-9-4-5-10-24/h6-8,11-14H,4-5,9-10H2,1-3H3,(H,23,25). The van der Waals surface area contributed by atoms with E-state index >= 15 is 0 Å². The molecule has 1 fully saturated rings. The molecule has 5 nitrogen and oxygen atoms in total. The predicted octanol–water partition coefficient (Wildman–Crippen LogP) is 4.00. The van der Waals surface area contributed by atoms with E-state index in [2.05, 4.69) is 24.1 Å². The molecule has 1 aromatic carbocycles. The van der Waals surface area contributed by atoms with Gasteiger partial charge < -0.3 is 10.2 Å². The molecule has 2 heterocycles. The average molecular weight is 351 g/mol.